The number of anilines is 1. The first-order chi connectivity index (χ1) is 9.40. The van der Waals surface area contributed by atoms with Gasteiger partial charge in [-0.25, -0.2) is 4.98 Å². The molecule has 0 saturated carbocycles. The predicted octanol–water partition coefficient (Wildman–Crippen LogP) is 2.54. The number of nitrogens with one attached hydrogen (secondary N) is 1. The third-order valence-corrected chi connectivity index (χ3v) is 3.18. The van der Waals surface area contributed by atoms with Crippen LogP contribution in [0.5, 0.6) is 5.88 Å². The first-order valence-corrected chi connectivity index (χ1v) is 7.33. The van der Waals surface area contributed by atoms with Crippen molar-refractivity contribution in [1.82, 2.24) is 14.9 Å². The third-order valence-electron chi connectivity index (χ3n) is 3.18. The second-order valence-corrected chi connectivity index (χ2v) is 5.79. The van der Waals surface area contributed by atoms with Gasteiger partial charge in [0, 0.05) is 25.1 Å². The van der Waals surface area contributed by atoms with E-state index in [0.717, 1.165) is 31.3 Å². The fraction of sp³-hybridized carbons (Fsp3) is 0.733. The Balaban J connectivity index is 2.74. The highest BCUT2D eigenvalue weighted by Gasteiger charge is 2.19. The molecule has 0 radical (unpaired) electrons. The molecule has 1 heterocycles. The summed E-state index contributed by atoms with van der Waals surface area (Å²) >= 11 is 0. The zero-order chi connectivity index (χ0) is 15.2. The summed E-state index contributed by atoms with van der Waals surface area (Å²) in [5.74, 6) is 2.23. The largest absolute Gasteiger partial charge is 0.476 e. The summed E-state index contributed by atoms with van der Waals surface area (Å²) in [6.07, 6.45) is 0. The van der Waals surface area contributed by atoms with E-state index in [0.29, 0.717) is 12.5 Å². The fourth-order valence-electron chi connectivity index (χ4n) is 1.78. The van der Waals surface area contributed by atoms with Crippen LogP contribution in [0.2, 0.25) is 0 Å². The van der Waals surface area contributed by atoms with Crippen molar-refractivity contribution in [2.75, 3.05) is 38.6 Å². The summed E-state index contributed by atoms with van der Waals surface area (Å²) < 4.78 is 5.79. The summed E-state index contributed by atoms with van der Waals surface area (Å²) in [4.78, 5) is 11.3. The van der Waals surface area contributed by atoms with Crippen LogP contribution >= 0.6 is 0 Å². The molecule has 0 fully saturated rings. The Morgan fingerprint density at radius 3 is 2.35 bits per heavy atom. The lowest BCUT2D eigenvalue weighted by Crippen LogP contribution is -2.28. The van der Waals surface area contributed by atoms with Gasteiger partial charge in [0.05, 0.1) is 0 Å². The number of nitrogens with zero attached hydrogens (tertiary/aromatic N) is 3. The molecule has 0 aliphatic carbocycles. The Kier molecular flexibility index (Phi) is 6.20. The minimum absolute atomic E-state index is 0.0934. The highest BCUT2D eigenvalue weighted by Crippen LogP contribution is 2.23. The van der Waals surface area contributed by atoms with E-state index in [1.165, 1.54) is 0 Å². The summed E-state index contributed by atoms with van der Waals surface area (Å²) in [7, 11) is 1.86. The van der Waals surface area contributed by atoms with Crippen molar-refractivity contribution in [3.8, 4) is 5.88 Å². The van der Waals surface area contributed by atoms with E-state index in [2.05, 4.69) is 54.8 Å². The van der Waals surface area contributed by atoms with E-state index in [1.54, 1.807) is 0 Å². The molecule has 0 bridgehead atoms. The van der Waals surface area contributed by atoms with Crippen LogP contribution in [0.15, 0.2) is 6.07 Å². The molecule has 0 unspecified atom stereocenters. The maximum absolute atomic E-state index is 5.79. The third kappa shape index (κ3) is 4.96. The highest BCUT2D eigenvalue weighted by molar-refractivity contribution is 5.38. The summed E-state index contributed by atoms with van der Waals surface area (Å²) in [5, 5.41) is 3.06. The fourth-order valence-corrected chi connectivity index (χ4v) is 1.78. The van der Waals surface area contributed by atoms with E-state index in [1.807, 2.05) is 13.1 Å². The minimum atomic E-state index is -0.0934. The lowest BCUT2D eigenvalue weighted by molar-refractivity contribution is 0.217. The van der Waals surface area contributed by atoms with Crippen LogP contribution < -0.4 is 10.1 Å². The van der Waals surface area contributed by atoms with Gasteiger partial charge in [-0.1, -0.05) is 34.6 Å². The Morgan fingerprint density at radius 1 is 1.20 bits per heavy atom. The minimum Gasteiger partial charge on any atom is -0.476 e. The van der Waals surface area contributed by atoms with Crippen LogP contribution in [0.3, 0.4) is 0 Å². The maximum atomic E-state index is 5.79. The number of hydrogen-bond acceptors (Lipinski definition) is 5. The number of hydrogen-bond donors (Lipinski definition) is 1. The molecule has 0 aromatic carbocycles. The van der Waals surface area contributed by atoms with Gasteiger partial charge in [0.15, 0.2) is 0 Å². The van der Waals surface area contributed by atoms with E-state index in [9.17, 15) is 0 Å². The van der Waals surface area contributed by atoms with Gasteiger partial charge in [-0.2, -0.15) is 4.98 Å². The Morgan fingerprint density at radius 2 is 1.85 bits per heavy atom. The first kappa shape index (κ1) is 16.7. The average Bonchev–Trinajstić information content (AvgIpc) is 2.42. The van der Waals surface area contributed by atoms with Crippen molar-refractivity contribution >= 4 is 5.82 Å². The topological polar surface area (TPSA) is 50.3 Å². The van der Waals surface area contributed by atoms with Gasteiger partial charge in [-0.05, 0) is 13.1 Å². The molecule has 1 N–H and O–H groups in total. The molecule has 0 aliphatic rings. The van der Waals surface area contributed by atoms with Gasteiger partial charge >= 0.3 is 0 Å². The standard InChI is InChI=1S/C15H28N4O/c1-7-19(8-2)9-10-20-13-11-12(16-6)17-14(18-13)15(3,4)5/h11H,7-10H2,1-6H3,(H,16,17,18). The number of rotatable bonds is 7. The van der Waals surface area contributed by atoms with Crippen molar-refractivity contribution in [1.29, 1.82) is 0 Å². The van der Waals surface area contributed by atoms with Crippen molar-refractivity contribution in [2.45, 2.75) is 40.0 Å². The lowest BCUT2D eigenvalue weighted by atomic mass is 9.96. The van der Waals surface area contributed by atoms with Gasteiger partial charge in [-0.3, -0.25) is 0 Å². The molecule has 1 aromatic heterocycles. The second-order valence-electron chi connectivity index (χ2n) is 5.79. The Bertz CT molecular complexity index is 411. The molecule has 20 heavy (non-hydrogen) atoms. The predicted molar refractivity (Wildman–Crippen MR) is 83.6 cm³/mol. The van der Waals surface area contributed by atoms with Gasteiger partial charge in [0.25, 0.3) is 0 Å². The van der Waals surface area contributed by atoms with E-state index >= 15 is 0 Å². The zero-order valence-electron chi connectivity index (χ0n) is 13.7. The monoisotopic (exact) mass is 280 g/mol. The van der Waals surface area contributed by atoms with Gasteiger partial charge in [-0.15, -0.1) is 0 Å². The summed E-state index contributed by atoms with van der Waals surface area (Å²) in [6.45, 7) is 14.2. The summed E-state index contributed by atoms with van der Waals surface area (Å²) in [5.41, 5.74) is -0.0934. The van der Waals surface area contributed by atoms with Gasteiger partial charge in [0.2, 0.25) is 5.88 Å². The molecule has 5 nitrogen and oxygen atoms in total. The van der Waals surface area contributed by atoms with Gasteiger partial charge < -0.3 is 15.0 Å². The van der Waals surface area contributed by atoms with Crippen molar-refractivity contribution < 1.29 is 4.74 Å². The van der Waals surface area contributed by atoms with Crippen LogP contribution in [0.25, 0.3) is 0 Å². The maximum Gasteiger partial charge on any atom is 0.218 e. The first-order valence-electron chi connectivity index (χ1n) is 7.33. The Labute approximate surface area is 122 Å². The molecule has 0 spiro atoms. The quantitative estimate of drug-likeness (QED) is 0.832. The van der Waals surface area contributed by atoms with Crippen molar-refractivity contribution in [3.63, 3.8) is 0 Å². The average molecular weight is 280 g/mol. The molecule has 114 valence electrons. The molecule has 0 atom stereocenters. The van der Waals surface area contributed by atoms with Crippen LogP contribution in [0, 0.1) is 0 Å². The molecule has 0 aliphatic heterocycles. The molecule has 0 amide bonds. The zero-order valence-corrected chi connectivity index (χ0v) is 13.7. The van der Waals surface area contributed by atoms with E-state index < -0.39 is 0 Å². The molecule has 5 heteroatoms. The SMILES string of the molecule is CCN(CC)CCOc1cc(NC)nc(C(C)(C)C)n1. The Hall–Kier alpha value is -1.36. The van der Waals surface area contributed by atoms with Crippen LogP contribution in [0.1, 0.15) is 40.4 Å². The van der Waals surface area contributed by atoms with E-state index in [-0.39, 0.29) is 5.41 Å². The highest BCUT2D eigenvalue weighted by atomic mass is 16.5. The summed E-state index contributed by atoms with van der Waals surface area (Å²) in [6, 6.07) is 1.84. The molecule has 1 aromatic rings. The van der Waals surface area contributed by atoms with E-state index in [4.69, 9.17) is 4.74 Å². The molecule has 1 rings (SSSR count). The lowest BCUT2D eigenvalue weighted by Gasteiger charge is -2.20. The molecular weight excluding hydrogens is 252 g/mol. The molecule has 0 saturated heterocycles. The van der Waals surface area contributed by atoms with Crippen molar-refractivity contribution in [2.24, 2.45) is 0 Å². The molecular formula is C15H28N4O. The number of ether oxygens (including phenoxy) is 1. The van der Waals surface area contributed by atoms with Crippen molar-refractivity contribution in [3.05, 3.63) is 11.9 Å². The van der Waals surface area contributed by atoms with Crippen LogP contribution in [0.4, 0.5) is 5.82 Å². The number of aromatic nitrogens is 2. The van der Waals surface area contributed by atoms with Crippen LogP contribution in [-0.2, 0) is 5.41 Å². The normalized spacial score (nSPS) is 11.8. The van der Waals surface area contributed by atoms with Crippen LogP contribution in [-0.4, -0.2) is 48.2 Å². The second kappa shape index (κ2) is 7.43. The smallest absolute Gasteiger partial charge is 0.218 e. The van der Waals surface area contributed by atoms with Gasteiger partial charge in [0.1, 0.15) is 18.2 Å². The number of likely N-dealkylation sites (N-methyl/N-ethyl adjacent to an activating group) is 1.